The lowest BCUT2D eigenvalue weighted by molar-refractivity contribution is -0.141. The monoisotopic (exact) mass is 530 g/mol. The highest BCUT2D eigenvalue weighted by Crippen LogP contribution is 2.22. The minimum Gasteiger partial charge on any atom is -0.467 e. The van der Waals surface area contributed by atoms with Gasteiger partial charge in [0, 0.05) is 0 Å². The van der Waals surface area contributed by atoms with E-state index in [0.717, 1.165) is 0 Å². The first kappa shape index (κ1) is 27.9. The largest absolute Gasteiger partial charge is 0.467 e. The standard InChI is InChI=1S/C16H22N2O10S4/c1-10(2)26-15(29)17(31(20,21)22)13(14(19)28-12-8-6-5-7-9-12)18(32(23,24)25)16(30)27-11(3)4/h5-11,13H,1-4H3,(H,20,21,22)(H,23,24,25). The van der Waals surface area contributed by atoms with Crippen molar-refractivity contribution >= 4 is 61.4 Å². The van der Waals surface area contributed by atoms with Gasteiger partial charge in [0.2, 0.25) is 6.17 Å². The number of para-hydroxylation sites is 1. The summed E-state index contributed by atoms with van der Waals surface area (Å²) < 4.78 is 82.7. The Labute approximate surface area is 196 Å². The first-order chi connectivity index (χ1) is 14.6. The van der Waals surface area contributed by atoms with Gasteiger partial charge >= 0.3 is 26.6 Å². The maximum atomic E-state index is 13.0. The summed E-state index contributed by atoms with van der Waals surface area (Å²) in [4.78, 5) is 13.0. The van der Waals surface area contributed by atoms with E-state index in [1.54, 1.807) is 6.07 Å². The molecule has 0 spiro atoms. The minimum atomic E-state index is -5.48. The molecule has 0 saturated heterocycles. The summed E-state index contributed by atoms with van der Waals surface area (Å²) in [6.45, 7) is 5.77. The third-order valence-corrected chi connectivity index (χ3v) is 5.69. The molecule has 0 aromatic heterocycles. The van der Waals surface area contributed by atoms with Crippen molar-refractivity contribution in [1.82, 2.24) is 8.61 Å². The maximum absolute atomic E-state index is 13.0. The predicted octanol–water partition coefficient (Wildman–Crippen LogP) is 1.55. The first-order valence-electron chi connectivity index (χ1n) is 8.77. The molecule has 0 radical (unpaired) electrons. The molecular weight excluding hydrogens is 508 g/mol. The molecule has 0 unspecified atom stereocenters. The Hall–Kier alpha value is -2.11. The zero-order valence-corrected chi connectivity index (χ0v) is 20.6. The molecule has 0 saturated carbocycles. The molecule has 0 atom stereocenters. The molecule has 0 bridgehead atoms. The molecule has 16 heteroatoms. The Morgan fingerprint density at radius 1 is 0.844 bits per heavy atom. The van der Waals surface area contributed by atoms with Gasteiger partial charge in [0.05, 0.1) is 12.2 Å². The average Bonchev–Trinajstić information content (AvgIpc) is 2.58. The van der Waals surface area contributed by atoms with Crippen LogP contribution in [0.5, 0.6) is 5.75 Å². The van der Waals surface area contributed by atoms with Crippen LogP contribution in [0.3, 0.4) is 0 Å². The van der Waals surface area contributed by atoms with E-state index in [0.29, 0.717) is 0 Å². The van der Waals surface area contributed by atoms with E-state index in [-0.39, 0.29) is 14.4 Å². The number of ether oxygens (including phenoxy) is 3. The molecule has 1 rings (SSSR count). The van der Waals surface area contributed by atoms with E-state index in [9.17, 15) is 30.7 Å². The Bertz CT molecular complexity index is 984. The van der Waals surface area contributed by atoms with Gasteiger partial charge in [0.1, 0.15) is 5.75 Å². The Balaban J connectivity index is 3.73. The zero-order chi connectivity index (χ0) is 24.9. The zero-order valence-electron chi connectivity index (χ0n) is 17.3. The van der Waals surface area contributed by atoms with Crippen LogP contribution in [0.2, 0.25) is 0 Å². The van der Waals surface area contributed by atoms with E-state index in [1.165, 1.54) is 52.0 Å². The number of benzene rings is 1. The Kier molecular flexibility index (Phi) is 9.73. The summed E-state index contributed by atoms with van der Waals surface area (Å²) in [5, 5.41) is -2.06. The normalized spacial score (nSPS) is 11.9. The van der Waals surface area contributed by atoms with Crippen LogP contribution >= 0.6 is 24.4 Å². The number of esters is 1. The van der Waals surface area contributed by atoms with Crippen LogP contribution in [0, 0.1) is 0 Å². The van der Waals surface area contributed by atoms with E-state index >= 15 is 0 Å². The van der Waals surface area contributed by atoms with E-state index < -0.39 is 55.3 Å². The maximum Gasteiger partial charge on any atom is 0.365 e. The first-order valence-corrected chi connectivity index (χ1v) is 12.4. The fraction of sp³-hybridized carbons (Fsp3) is 0.438. The van der Waals surface area contributed by atoms with E-state index in [4.69, 9.17) is 38.6 Å². The van der Waals surface area contributed by atoms with E-state index in [1.807, 2.05) is 0 Å². The Morgan fingerprint density at radius 2 is 1.22 bits per heavy atom. The van der Waals surface area contributed by atoms with Crippen LogP contribution in [0.25, 0.3) is 0 Å². The van der Waals surface area contributed by atoms with Gasteiger partial charge in [-0.25, -0.2) is 4.79 Å². The molecule has 0 heterocycles. The minimum absolute atomic E-state index is 0.125. The number of carbonyl (C=O) groups excluding carboxylic acids is 1. The second-order valence-corrected chi connectivity index (χ2v) is 9.80. The fourth-order valence-electron chi connectivity index (χ4n) is 2.09. The van der Waals surface area contributed by atoms with Gasteiger partial charge in [-0.15, -0.1) is 0 Å². The number of carbonyl (C=O) groups is 1. The molecular formula is C16H22N2O10S4. The second kappa shape index (κ2) is 11.2. The van der Waals surface area contributed by atoms with Crippen LogP contribution in [0.1, 0.15) is 27.7 Å². The summed E-state index contributed by atoms with van der Waals surface area (Å²) in [5.74, 6) is -1.74. The van der Waals surface area contributed by atoms with Crippen molar-refractivity contribution in [3.63, 3.8) is 0 Å². The molecule has 1 aromatic rings. The van der Waals surface area contributed by atoms with Crippen LogP contribution in [0.4, 0.5) is 0 Å². The van der Waals surface area contributed by atoms with Gasteiger partial charge < -0.3 is 14.2 Å². The van der Waals surface area contributed by atoms with Gasteiger partial charge in [-0.1, -0.05) is 18.2 Å². The highest BCUT2D eigenvalue weighted by Gasteiger charge is 2.49. The lowest BCUT2D eigenvalue weighted by Crippen LogP contribution is -2.61. The van der Waals surface area contributed by atoms with Crippen LogP contribution in [0.15, 0.2) is 30.3 Å². The molecule has 0 aliphatic carbocycles. The topological polar surface area (TPSA) is 160 Å². The number of thiocarbonyl (C=S) groups is 2. The third-order valence-electron chi connectivity index (χ3n) is 3.15. The molecule has 12 nitrogen and oxygen atoms in total. The van der Waals surface area contributed by atoms with Gasteiger partial charge in [-0.2, -0.15) is 25.4 Å². The number of hydrogen-bond donors (Lipinski definition) is 2. The average molecular weight is 531 g/mol. The van der Waals surface area contributed by atoms with Gasteiger partial charge in [0.25, 0.3) is 10.3 Å². The van der Waals surface area contributed by atoms with Gasteiger partial charge in [-0.05, 0) is 64.3 Å². The molecule has 0 fully saturated rings. The molecule has 1 aromatic carbocycles. The second-order valence-electron chi connectivity index (χ2n) is 6.52. The highest BCUT2D eigenvalue weighted by atomic mass is 32.2. The summed E-state index contributed by atoms with van der Waals surface area (Å²) >= 11 is 9.69. The predicted molar refractivity (Wildman–Crippen MR) is 120 cm³/mol. The van der Waals surface area contributed by atoms with Crippen molar-refractivity contribution in [2.75, 3.05) is 0 Å². The van der Waals surface area contributed by atoms with Gasteiger partial charge in [0.15, 0.2) is 0 Å². The summed E-state index contributed by atoms with van der Waals surface area (Å²) in [6.07, 6.45) is -4.20. The van der Waals surface area contributed by atoms with Crippen LogP contribution < -0.4 is 4.74 Å². The summed E-state index contributed by atoms with van der Waals surface area (Å²) in [6, 6.07) is 7.13. The third kappa shape index (κ3) is 8.10. The SMILES string of the molecule is CC(C)OC(=S)N(C(C(=O)Oc1ccccc1)N(C(=S)OC(C)C)S(=O)(=O)O)S(=O)(=O)O. The Morgan fingerprint density at radius 3 is 1.53 bits per heavy atom. The van der Waals surface area contributed by atoms with Crippen molar-refractivity contribution in [3.05, 3.63) is 30.3 Å². The summed E-state index contributed by atoms with van der Waals surface area (Å²) in [7, 11) is -11.0. The van der Waals surface area contributed by atoms with Crippen molar-refractivity contribution in [1.29, 1.82) is 0 Å². The number of hydrogen-bond acceptors (Lipinski definition) is 10. The fourth-order valence-corrected chi connectivity index (χ4v) is 4.63. The number of rotatable bonds is 8. The van der Waals surface area contributed by atoms with Crippen molar-refractivity contribution in [2.45, 2.75) is 46.1 Å². The van der Waals surface area contributed by atoms with Crippen LogP contribution in [-0.4, -0.2) is 69.2 Å². The van der Waals surface area contributed by atoms with Gasteiger partial charge in [-0.3, -0.25) is 9.11 Å². The van der Waals surface area contributed by atoms with E-state index in [2.05, 4.69) is 0 Å². The molecule has 0 aliphatic rings. The molecule has 2 N–H and O–H groups in total. The summed E-state index contributed by atoms with van der Waals surface area (Å²) in [5.41, 5.74) is 0. The lowest BCUT2D eigenvalue weighted by Gasteiger charge is -2.35. The lowest BCUT2D eigenvalue weighted by atomic mass is 10.3. The molecule has 32 heavy (non-hydrogen) atoms. The highest BCUT2D eigenvalue weighted by molar-refractivity contribution is 7.88. The molecule has 0 amide bonds. The smallest absolute Gasteiger partial charge is 0.365 e. The van der Waals surface area contributed by atoms with Crippen molar-refractivity contribution < 1.29 is 44.9 Å². The molecule has 0 aliphatic heterocycles. The van der Waals surface area contributed by atoms with Crippen molar-refractivity contribution in [3.8, 4) is 5.75 Å². The quantitative estimate of drug-likeness (QED) is 0.164. The van der Waals surface area contributed by atoms with Crippen LogP contribution in [-0.2, 0) is 34.9 Å². The molecule has 180 valence electrons. The number of nitrogens with zero attached hydrogens (tertiary/aromatic N) is 2. The van der Waals surface area contributed by atoms with Crippen molar-refractivity contribution in [2.24, 2.45) is 0 Å².